The van der Waals surface area contributed by atoms with E-state index in [1.165, 1.54) is 16.2 Å². The van der Waals surface area contributed by atoms with Crippen LogP contribution in [-0.4, -0.2) is 22.0 Å². The standard InChI is InChI=1S/C13H18N2O2S3/c1-10-9-19-12(8-14-2)13(10)20(16,17)15-6-5-11-4-3-7-18-11/h3-4,7,9,14-15H,5-6,8H2,1-2H3. The Morgan fingerprint density at radius 1 is 1.30 bits per heavy atom. The van der Waals surface area contributed by atoms with Gasteiger partial charge in [-0.1, -0.05) is 6.07 Å². The van der Waals surface area contributed by atoms with Crippen LogP contribution in [0.1, 0.15) is 15.3 Å². The number of hydrogen-bond donors (Lipinski definition) is 2. The molecular weight excluding hydrogens is 312 g/mol. The molecule has 0 saturated carbocycles. The van der Waals surface area contributed by atoms with Crippen LogP contribution in [0.25, 0.3) is 0 Å². The zero-order chi connectivity index (χ0) is 14.6. The molecule has 2 aromatic heterocycles. The third kappa shape index (κ3) is 3.67. The van der Waals surface area contributed by atoms with E-state index in [0.29, 0.717) is 18.0 Å². The van der Waals surface area contributed by atoms with Gasteiger partial charge in [-0.2, -0.15) is 0 Å². The minimum Gasteiger partial charge on any atom is -0.315 e. The molecule has 2 aromatic rings. The molecule has 2 N–H and O–H groups in total. The molecule has 0 unspecified atom stereocenters. The van der Waals surface area contributed by atoms with Crippen LogP contribution >= 0.6 is 22.7 Å². The van der Waals surface area contributed by atoms with Crippen LogP contribution in [0.5, 0.6) is 0 Å². The summed E-state index contributed by atoms with van der Waals surface area (Å²) in [6, 6.07) is 3.99. The van der Waals surface area contributed by atoms with Gasteiger partial charge in [0, 0.05) is 22.8 Å². The average molecular weight is 330 g/mol. The molecule has 2 rings (SSSR count). The zero-order valence-corrected chi connectivity index (χ0v) is 13.9. The summed E-state index contributed by atoms with van der Waals surface area (Å²) in [4.78, 5) is 2.47. The normalized spacial score (nSPS) is 11.9. The Morgan fingerprint density at radius 2 is 2.10 bits per heavy atom. The Bertz CT molecular complexity index is 645. The highest BCUT2D eigenvalue weighted by Crippen LogP contribution is 2.26. The van der Waals surface area contributed by atoms with Gasteiger partial charge in [-0.25, -0.2) is 13.1 Å². The van der Waals surface area contributed by atoms with Crippen LogP contribution < -0.4 is 10.0 Å². The molecule has 2 heterocycles. The summed E-state index contributed by atoms with van der Waals surface area (Å²) in [5.41, 5.74) is 0.809. The molecule has 0 aromatic carbocycles. The highest BCUT2D eigenvalue weighted by Gasteiger charge is 2.22. The molecule has 7 heteroatoms. The van der Waals surface area contributed by atoms with Crippen molar-refractivity contribution >= 4 is 32.7 Å². The van der Waals surface area contributed by atoms with Gasteiger partial charge in [0.1, 0.15) is 4.90 Å². The molecule has 20 heavy (non-hydrogen) atoms. The van der Waals surface area contributed by atoms with Crippen molar-refractivity contribution in [3.05, 3.63) is 38.2 Å². The molecule has 0 amide bonds. The molecule has 0 aliphatic rings. The number of nitrogens with one attached hydrogen (secondary N) is 2. The maximum atomic E-state index is 12.4. The van der Waals surface area contributed by atoms with Crippen molar-refractivity contribution in [3.63, 3.8) is 0 Å². The maximum Gasteiger partial charge on any atom is 0.241 e. The fourth-order valence-corrected chi connectivity index (χ4v) is 5.53. The molecule has 0 fully saturated rings. The van der Waals surface area contributed by atoms with Crippen LogP contribution in [0, 0.1) is 6.92 Å². The van der Waals surface area contributed by atoms with Crippen molar-refractivity contribution in [2.75, 3.05) is 13.6 Å². The van der Waals surface area contributed by atoms with Crippen molar-refractivity contribution in [3.8, 4) is 0 Å². The quantitative estimate of drug-likeness (QED) is 0.819. The minimum atomic E-state index is -3.43. The molecule has 110 valence electrons. The van der Waals surface area contributed by atoms with Gasteiger partial charge < -0.3 is 5.32 Å². The van der Waals surface area contributed by atoms with E-state index in [-0.39, 0.29) is 0 Å². The fourth-order valence-electron chi connectivity index (χ4n) is 1.97. The molecule has 0 radical (unpaired) electrons. The van der Waals surface area contributed by atoms with Crippen LogP contribution in [0.4, 0.5) is 0 Å². The van der Waals surface area contributed by atoms with Crippen molar-refractivity contribution < 1.29 is 8.42 Å². The van der Waals surface area contributed by atoms with Crippen molar-refractivity contribution in [2.45, 2.75) is 24.8 Å². The number of aryl methyl sites for hydroxylation is 1. The maximum absolute atomic E-state index is 12.4. The fraction of sp³-hybridized carbons (Fsp3) is 0.385. The van der Waals surface area contributed by atoms with Gasteiger partial charge in [0.25, 0.3) is 0 Å². The van der Waals surface area contributed by atoms with Gasteiger partial charge in [0.05, 0.1) is 0 Å². The van der Waals surface area contributed by atoms with Crippen LogP contribution in [0.3, 0.4) is 0 Å². The van der Waals surface area contributed by atoms with Gasteiger partial charge in [-0.05, 0) is 42.8 Å². The van der Waals surface area contributed by atoms with E-state index in [1.807, 2.05) is 36.9 Å². The molecular formula is C13H18N2O2S3. The molecule has 0 atom stereocenters. The summed E-state index contributed by atoms with van der Waals surface area (Å²) in [6.07, 6.45) is 0.724. The predicted octanol–water partition coefficient (Wildman–Crippen LogP) is 2.36. The second-order valence-electron chi connectivity index (χ2n) is 4.43. The Labute approximate surface area is 127 Å². The summed E-state index contributed by atoms with van der Waals surface area (Å²) in [5.74, 6) is 0. The van der Waals surface area contributed by atoms with E-state index >= 15 is 0 Å². The minimum absolute atomic E-state index is 0.428. The highest BCUT2D eigenvalue weighted by atomic mass is 32.2. The number of hydrogen-bond acceptors (Lipinski definition) is 5. The van der Waals surface area contributed by atoms with Crippen LogP contribution in [-0.2, 0) is 23.0 Å². The predicted molar refractivity (Wildman–Crippen MR) is 85.0 cm³/mol. The zero-order valence-electron chi connectivity index (χ0n) is 11.5. The molecule has 0 bridgehead atoms. The van der Waals surface area contributed by atoms with E-state index in [1.54, 1.807) is 11.3 Å². The lowest BCUT2D eigenvalue weighted by molar-refractivity contribution is 0.580. The highest BCUT2D eigenvalue weighted by molar-refractivity contribution is 7.89. The largest absolute Gasteiger partial charge is 0.315 e. The monoisotopic (exact) mass is 330 g/mol. The Hall–Kier alpha value is -0.730. The first-order valence-electron chi connectivity index (χ1n) is 6.28. The molecule has 4 nitrogen and oxygen atoms in total. The van der Waals surface area contributed by atoms with Gasteiger partial charge >= 0.3 is 0 Å². The summed E-state index contributed by atoms with van der Waals surface area (Å²) in [5, 5.41) is 6.90. The number of sulfonamides is 1. The van der Waals surface area contributed by atoms with Crippen molar-refractivity contribution in [1.29, 1.82) is 0 Å². The molecule has 0 aliphatic carbocycles. The number of thiophene rings is 2. The van der Waals surface area contributed by atoms with Crippen LogP contribution in [0.2, 0.25) is 0 Å². The first kappa shape index (κ1) is 15.7. The molecule has 0 aliphatic heterocycles. The van der Waals surface area contributed by atoms with Crippen molar-refractivity contribution in [2.24, 2.45) is 0 Å². The summed E-state index contributed by atoms with van der Waals surface area (Å²) < 4.78 is 27.5. The second-order valence-corrected chi connectivity index (χ2v) is 8.13. The lowest BCUT2D eigenvalue weighted by Crippen LogP contribution is -2.27. The molecule has 0 spiro atoms. The summed E-state index contributed by atoms with van der Waals surface area (Å²) in [6.45, 7) is 2.83. The van der Waals surface area contributed by atoms with Gasteiger partial charge in [0.2, 0.25) is 10.0 Å². The first-order chi connectivity index (χ1) is 9.54. The Balaban J connectivity index is 2.08. The van der Waals surface area contributed by atoms with E-state index in [9.17, 15) is 8.42 Å². The van der Waals surface area contributed by atoms with E-state index < -0.39 is 10.0 Å². The van der Waals surface area contributed by atoms with Crippen LogP contribution in [0.15, 0.2) is 27.8 Å². The summed E-state index contributed by atoms with van der Waals surface area (Å²) >= 11 is 3.12. The first-order valence-corrected chi connectivity index (χ1v) is 9.52. The third-order valence-electron chi connectivity index (χ3n) is 2.84. The van der Waals surface area contributed by atoms with Crippen molar-refractivity contribution in [1.82, 2.24) is 10.0 Å². The Kier molecular flexibility index (Phi) is 5.34. The van der Waals surface area contributed by atoms with Gasteiger partial charge in [-0.3, -0.25) is 0 Å². The van der Waals surface area contributed by atoms with Gasteiger partial charge in [-0.15, -0.1) is 22.7 Å². The second kappa shape index (κ2) is 6.82. The van der Waals surface area contributed by atoms with E-state index in [0.717, 1.165) is 16.9 Å². The molecule has 0 saturated heterocycles. The Morgan fingerprint density at radius 3 is 2.75 bits per heavy atom. The topological polar surface area (TPSA) is 58.2 Å². The number of rotatable bonds is 7. The van der Waals surface area contributed by atoms with Gasteiger partial charge in [0.15, 0.2) is 0 Å². The average Bonchev–Trinajstić information content (AvgIpc) is 3.00. The third-order valence-corrected chi connectivity index (χ3v) is 6.70. The smallest absolute Gasteiger partial charge is 0.241 e. The lowest BCUT2D eigenvalue weighted by atomic mass is 10.3. The van der Waals surface area contributed by atoms with E-state index in [2.05, 4.69) is 10.0 Å². The summed E-state index contributed by atoms with van der Waals surface area (Å²) in [7, 11) is -1.61. The SMILES string of the molecule is CNCc1scc(C)c1S(=O)(=O)NCCc1cccs1. The van der Waals surface area contributed by atoms with E-state index in [4.69, 9.17) is 0 Å². The lowest BCUT2D eigenvalue weighted by Gasteiger charge is -2.08.